The van der Waals surface area contributed by atoms with Crippen LogP contribution in [0, 0.1) is 0 Å². The van der Waals surface area contributed by atoms with E-state index in [-0.39, 0.29) is 36.6 Å². The van der Waals surface area contributed by atoms with Crippen molar-refractivity contribution in [1.82, 2.24) is 0 Å². The van der Waals surface area contributed by atoms with Gasteiger partial charge in [0.15, 0.2) is 0 Å². The second-order valence-electron chi connectivity index (χ2n) is 6.85. The molecule has 3 rings (SSSR count). The normalized spacial score (nSPS) is 34.4. The predicted molar refractivity (Wildman–Crippen MR) is 89.2 cm³/mol. The van der Waals surface area contributed by atoms with E-state index in [1.165, 1.54) is 0 Å². The first kappa shape index (κ1) is 18.7. The molecule has 3 fully saturated rings. The van der Waals surface area contributed by atoms with Crippen molar-refractivity contribution >= 4 is 10.5 Å². The van der Waals surface area contributed by atoms with E-state index in [4.69, 9.17) is 32.8 Å². The van der Waals surface area contributed by atoms with Crippen LogP contribution >= 0.6 is 0 Å². The molecule has 0 amide bonds. The van der Waals surface area contributed by atoms with Crippen LogP contribution in [0.3, 0.4) is 0 Å². The van der Waals surface area contributed by atoms with Crippen molar-refractivity contribution in [1.29, 1.82) is 0 Å². The Bertz CT molecular complexity index is 343. The van der Waals surface area contributed by atoms with Gasteiger partial charge in [0, 0.05) is 0 Å². The molecule has 3 heterocycles. The summed E-state index contributed by atoms with van der Waals surface area (Å²) in [5.41, 5.74) is -0.662. The third-order valence-electron chi connectivity index (χ3n) is 5.06. The molecule has 3 aliphatic heterocycles. The van der Waals surface area contributed by atoms with Crippen LogP contribution in [0.1, 0.15) is 20.8 Å². The van der Waals surface area contributed by atoms with E-state index in [2.05, 4.69) is 0 Å². The predicted octanol–water partition coefficient (Wildman–Crippen LogP) is -0.566. The SMILES string of the molecule is CC(OCC1CO1)C(O[SiH3])(C(C)OCC1CO1)C(C)OCC1CO1. The molecule has 0 radical (unpaired) electrons. The van der Waals surface area contributed by atoms with Gasteiger partial charge in [-0.15, -0.1) is 0 Å². The summed E-state index contributed by atoms with van der Waals surface area (Å²) in [5, 5.41) is 0. The van der Waals surface area contributed by atoms with Crippen molar-refractivity contribution in [3.8, 4) is 0 Å². The molecule has 3 saturated heterocycles. The molecule has 0 N–H and O–H groups in total. The van der Waals surface area contributed by atoms with E-state index in [1.807, 2.05) is 20.8 Å². The zero-order chi connectivity index (χ0) is 17.2. The maximum absolute atomic E-state index is 6.12. The summed E-state index contributed by atoms with van der Waals surface area (Å²) < 4.78 is 40.0. The third-order valence-corrected chi connectivity index (χ3v) is 5.77. The molecule has 0 aliphatic carbocycles. The van der Waals surface area contributed by atoms with Crippen LogP contribution in [0.4, 0.5) is 0 Å². The number of hydrogen-bond acceptors (Lipinski definition) is 7. The molecule has 0 spiro atoms. The van der Waals surface area contributed by atoms with Crippen LogP contribution in [-0.4, -0.2) is 92.4 Å². The third kappa shape index (κ3) is 4.76. The number of hydrogen-bond donors (Lipinski definition) is 0. The van der Waals surface area contributed by atoms with Crippen LogP contribution in [0.25, 0.3) is 0 Å². The maximum Gasteiger partial charge on any atom is 0.147 e. The highest BCUT2D eigenvalue weighted by molar-refractivity contribution is 5.98. The molecule has 6 unspecified atom stereocenters. The molecule has 140 valence electrons. The lowest BCUT2D eigenvalue weighted by molar-refractivity contribution is -0.210. The Morgan fingerprint density at radius 1 is 0.792 bits per heavy atom. The van der Waals surface area contributed by atoms with Crippen molar-refractivity contribution in [2.75, 3.05) is 39.6 Å². The molecule has 0 aromatic carbocycles. The summed E-state index contributed by atoms with van der Waals surface area (Å²) in [5.74, 6) is 0. The van der Waals surface area contributed by atoms with Gasteiger partial charge in [-0.1, -0.05) is 0 Å². The molecule has 0 aromatic heterocycles. The Labute approximate surface area is 146 Å². The first-order chi connectivity index (χ1) is 11.6. The summed E-state index contributed by atoms with van der Waals surface area (Å²) >= 11 is 0. The molecule has 0 saturated carbocycles. The Morgan fingerprint density at radius 2 is 1.08 bits per heavy atom. The molecular formula is C16H30O7Si. The van der Waals surface area contributed by atoms with E-state index in [0.717, 1.165) is 19.8 Å². The summed E-state index contributed by atoms with van der Waals surface area (Å²) in [4.78, 5) is 0. The lowest BCUT2D eigenvalue weighted by Gasteiger charge is -2.46. The highest BCUT2D eigenvalue weighted by atomic mass is 28.2. The molecule has 7 nitrogen and oxygen atoms in total. The highest BCUT2D eigenvalue weighted by Gasteiger charge is 2.49. The first-order valence-corrected chi connectivity index (χ1v) is 9.62. The van der Waals surface area contributed by atoms with E-state index < -0.39 is 5.60 Å². The van der Waals surface area contributed by atoms with E-state index in [0.29, 0.717) is 30.3 Å². The van der Waals surface area contributed by atoms with Gasteiger partial charge in [-0.25, -0.2) is 0 Å². The summed E-state index contributed by atoms with van der Waals surface area (Å²) in [7, 11) is 0.563. The number of rotatable bonds is 13. The van der Waals surface area contributed by atoms with Crippen LogP contribution in [0.15, 0.2) is 0 Å². The van der Waals surface area contributed by atoms with Gasteiger partial charge in [-0.05, 0) is 20.8 Å². The van der Waals surface area contributed by atoms with Crippen molar-refractivity contribution in [3.63, 3.8) is 0 Å². The average molecular weight is 362 g/mol. The lowest BCUT2D eigenvalue weighted by atomic mass is 9.86. The first-order valence-electron chi connectivity index (χ1n) is 8.81. The fourth-order valence-corrected chi connectivity index (χ4v) is 4.12. The molecule has 24 heavy (non-hydrogen) atoms. The number of epoxide rings is 3. The smallest absolute Gasteiger partial charge is 0.147 e. The fraction of sp³-hybridized carbons (Fsp3) is 1.00. The van der Waals surface area contributed by atoms with Crippen molar-refractivity contribution in [2.45, 2.75) is 63.0 Å². The van der Waals surface area contributed by atoms with Crippen LogP contribution < -0.4 is 0 Å². The molecule has 6 atom stereocenters. The van der Waals surface area contributed by atoms with Gasteiger partial charge in [0.25, 0.3) is 0 Å². The summed E-state index contributed by atoms with van der Waals surface area (Å²) in [6.07, 6.45) is 0.114. The van der Waals surface area contributed by atoms with E-state index in [1.54, 1.807) is 0 Å². The highest BCUT2D eigenvalue weighted by Crippen LogP contribution is 2.32. The van der Waals surface area contributed by atoms with Gasteiger partial charge < -0.3 is 32.8 Å². The molecular weight excluding hydrogens is 332 g/mol. The molecule has 8 heteroatoms. The van der Waals surface area contributed by atoms with Crippen LogP contribution in [0.2, 0.25) is 0 Å². The Morgan fingerprint density at radius 3 is 1.29 bits per heavy atom. The van der Waals surface area contributed by atoms with Gasteiger partial charge in [0.05, 0.1) is 58.0 Å². The van der Waals surface area contributed by atoms with Gasteiger partial charge in [0.2, 0.25) is 0 Å². The van der Waals surface area contributed by atoms with Crippen LogP contribution in [0.5, 0.6) is 0 Å². The van der Waals surface area contributed by atoms with Gasteiger partial charge in [0.1, 0.15) is 34.4 Å². The minimum atomic E-state index is -0.662. The maximum atomic E-state index is 6.12. The zero-order valence-electron chi connectivity index (χ0n) is 15.1. The van der Waals surface area contributed by atoms with E-state index >= 15 is 0 Å². The monoisotopic (exact) mass is 362 g/mol. The Hall–Kier alpha value is -0.0631. The zero-order valence-corrected chi connectivity index (χ0v) is 17.1. The fourth-order valence-electron chi connectivity index (χ4n) is 3.13. The molecule has 3 aliphatic rings. The van der Waals surface area contributed by atoms with Gasteiger partial charge >= 0.3 is 0 Å². The topological polar surface area (TPSA) is 74.5 Å². The van der Waals surface area contributed by atoms with Crippen molar-refractivity contribution in [3.05, 3.63) is 0 Å². The van der Waals surface area contributed by atoms with Gasteiger partial charge in [-0.2, -0.15) is 0 Å². The number of ether oxygens (including phenoxy) is 6. The van der Waals surface area contributed by atoms with Gasteiger partial charge in [-0.3, -0.25) is 0 Å². The van der Waals surface area contributed by atoms with E-state index in [9.17, 15) is 0 Å². The van der Waals surface area contributed by atoms with Crippen molar-refractivity contribution in [2.24, 2.45) is 0 Å². The largest absolute Gasteiger partial charge is 0.415 e. The minimum absolute atomic E-state index is 0.176. The second-order valence-corrected chi connectivity index (χ2v) is 7.26. The molecule has 0 bridgehead atoms. The van der Waals surface area contributed by atoms with Crippen molar-refractivity contribution < 1.29 is 32.8 Å². The Kier molecular flexibility index (Phi) is 6.31. The quantitative estimate of drug-likeness (QED) is 0.321. The lowest BCUT2D eigenvalue weighted by Crippen LogP contribution is -2.61. The average Bonchev–Trinajstić information content (AvgIpc) is 3.43. The Balaban J connectivity index is 1.63. The molecule has 0 aromatic rings. The van der Waals surface area contributed by atoms with Crippen LogP contribution in [-0.2, 0) is 32.8 Å². The second kappa shape index (κ2) is 8.09. The summed E-state index contributed by atoms with van der Waals surface area (Å²) in [6.45, 7) is 10.1. The standard InChI is InChI=1S/C16H30O7Si/c1-10(17-4-13-7-20-13)16(23-24,11(2)18-5-14-8-21-14)12(3)19-6-15-9-22-15/h10-15H,4-9H2,1-3,24H3. The summed E-state index contributed by atoms with van der Waals surface area (Å²) in [6, 6.07) is 0. The minimum Gasteiger partial charge on any atom is -0.415 e.